The molecule has 0 aromatic carbocycles. The first-order valence-corrected chi connectivity index (χ1v) is 7.03. The van der Waals surface area contributed by atoms with Gasteiger partial charge in [-0.3, -0.25) is 15.0 Å². The van der Waals surface area contributed by atoms with Crippen molar-refractivity contribution in [2.75, 3.05) is 19.7 Å². The van der Waals surface area contributed by atoms with Crippen LogP contribution in [0, 0.1) is 17.2 Å². The van der Waals surface area contributed by atoms with Crippen molar-refractivity contribution in [3.8, 4) is 6.07 Å². The standard InChI is InChI=1S/C14H23N3O2/c1-10(2)16-14(8-15)9-17-5-4-12(14)6-13(17)7-19-11(3)18/h10,12-13,16H,4-7,9H2,1-3H3. The van der Waals surface area contributed by atoms with Gasteiger partial charge in [0.2, 0.25) is 0 Å². The van der Waals surface area contributed by atoms with Crippen LogP contribution in [0.25, 0.3) is 0 Å². The van der Waals surface area contributed by atoms with E-state index in [1.807, 2.05) is 0 Å². The second-order valence-electron chi connectivity index (χ2n) is 6.03. The van der Waals surface area contributed by atoms with Crippen molar-refractivity contribution < 1.29 is 9.53 Å². The highest BCUT2D eigenvalue weighted by atomic mass is 16.5. The summed E-state index contributed by atoms with van der Waals surface area (Å²) in [6, 6.07) is 3.08. The first-order chi connectivity index (χ1) is 8.97. The van der Waals surface area contributed by atoms with Gasteiger partial charge in [-0.1, -0.05) is 0 Å². The van der Waals surface area contributed by atoms with Crippen LogP contribution in [0.2, 0.25) is 0 Å². The molecule has 19 heavy (non-hydrogen) atoms. The molecular formula is C14H23N3O2. The van der Waals surface area contributed by atoms with E-state index in [1.54, 1.807) is 0 Å². The van der Waals surface area contributed by atoms with E-state index in [9.17, 15) is 10.1 Å². The second-order valence-corrected chi connectivity index (χ2v) is 6.03. The molecule has 3 heterocycles. The van der Waals surface area contributed by atoms with E-state index in [0.717, 1.165) is 25.9 Å². The van der Waals surface area contributed by atoms with Crippen molar-refractivity contribution in [2.45, 2.75) is 51.2 Å². The minimum absolute atomic E-state index is 0.227. The van der Waals surface area contributed by atoms with Crippen LogP contribution in [0.5, 0.6) is 0 Å². The third kappa shape index (κ3) is 2.90. The van der Waals surface area contributed by atoms with Crippen LogP contribution in [-0.2, 0) is 9.53 Å². The first-order valence-electron chi connectivity index (χ1n) is 7.03. The van der Waals surface area contributed by atoms with Crippen LogP contribution >= 0.6 is 0 Å². The lowest BCUT2D eigenvalue weighted by Gasteiger charge is -2.54. The normalized spacial score (nSPS) is 37.1. The van der Waals surface area contributed by atoms with Crippen LogP contribution < -0.4 is 5.32 Å². The summed E-state index contributed by atoms with van der Waals surface area (Å²) in [7, 11) is 0. The van der Waals surface area contributed by atoms with E-state index in [-0.39, 0.29) is 12.0 Å². The Morgan fingerprint density at radius 3 is 2.84 bits per heavy atom. The molecule has 3 rings (SSSR count). The molecule has 0 aromatic rings. The molecule has 0 radical (unpaired) electrons. The molecule has 0 spiro atoms. The minimum atomic E-state index is -0.431. The van der Waals surface area contributed by atoms with Crippen molar-refractivity contribution in [2.24, 2.45) is 5.92 Å². The molecule has 3 fully saturated rings. The number of fused-ring (bicyclic) bond motifs is 3. The number of carbonyl (C=O) groups is 1. The summed E-state index contributed by atoms with van der Waals surface area (Å²) < 4.78 is 5.13. The number of ether oxygens (including phenoxy) is 1. The van der Waals surface area contributed by atoms with Gasteiger partial charge in [0, 0.05) is 25.6 Å². The topological polar surface area (TPSA) is 65.4 Å². The van der Waals surface area contributed by atoms with E-state index in [1.165, 1.54) is 6.92 Å². The lowest BCUT2D eigenvalue weighted by molar-refractivity contribution is -0.145. The Kier molecular flexibility index (Phi) is 4.12. The Labute approximate surface area is 114 Å². The van der Waals surface area contributed by atoms with Crippen LogP contribution in [0.4, 0.5) is 0 Å². The van der Waals surface area contributed by atoms with E-state index in [4.69, 9.17) is 4.74 Å². The average molecular weight is 265 g/mol. The molecule has 0 aromatic heterocycles. The molecule has 4 atom stereocenters. The van der Waals surface area contributed by atoms with E-state index in [0.29, 0.717) is 18.6 Å². The molecule has 5 heteroatoms. The highest BCUT2D eigenvalue weighted by Crippen LogP contribution is 2.39. The van der Waals surface area contributed by atoms with Gasteiger partial charge < -0.3 is 4.74 Å². The monoisotopic (exact) mass is 265 g/mol. The Hall–Kier alpha value is -1.12. The molecule has 0 saturated carbocycles. The fourth-order valence-electron chi connectivity index (χ4n) is 3.43. The lowest BCUT2D eigenvalue weighted by atomic mass is 9.70. The molecule has 2 bridgehead atoms. The minimum Gasteiger partial charge on any atom is -0.464 e. The van der Waals surface area contributed by atoms with Gasteiger partial charge in [0.1, 0.15) is 12.1 Å². The summed E-state index contributed by atoms with van der Waals surface area (Å²) in [5.74, 6) is 0.125. The van der Waals surface area contributed by atoms with Crippen molar-refractivity contribution in [1.29, 1.82) is 5.26 Å². The zero-order chi connectivity index (χ0) is 14.0. The fourth-order valence-corrected chi connectivity index (χ4v) is 3.43. The summed E-state index contributed by atoms with van der Waals surface area (Å²) in [6.45, 7) is 7.78. The molecule has 106 valence electrons. The van der Waals surface area contributed by atoms with Gasteiger partial charge in [0.25, 0.3) is 0 Å². The molecule has 1 N–H and O–H groups in total. The van der Waals surface area contributed by atoms with Crippen LogP contribution in [0.15, 0.2) is 0 Å². The predicted molar refractivity (Wildman–Crippen MR) is 71.3 cm³/mol. The number of nitrogens with zero attached hydrogens (tertiary/aromatic N) is 2. The molecule has 3 saturated heterocycles. The molecule has 4 unspecified atom stereocenters. The number of hydrogen-bond acceptors (Lipinski definition) is 5. The van der Waals surface area contributed by atoms with Gasteiger partial charge in [0.05, 0.1) is 6.07 Å². The number of rotatable bonds is 4. The zero-order valence-corrected chi connectivity index (χ0v) is 12.0. The van der Waals surface area contributed by atoms with Gasteiger partial charge in [-0.2, -0.15) is 5.26 Å². The van der Waals surface area contributed by atoms with Crippen LogP contribution in [0.1, 0.15) is 33.6 Å². The van der Waals surface area contributed by atoms with Gasteiger partial charge in [0.15, 0.2) is 0 Å². The summed E-state index contributed by atoms with van der Waals surface area (Å²) in [6.07, 6.45) is 1.98. The molecule has 0 amide bonds. The third-order valence-corrected chi connectivity index (χ3v) is 4.21. The molecule has 0 aliphatic carbocycles. The Morgan fingerprint density at radius 2 is 2.37 bits per heavy atom. The van der Waals surface area contributed by atoms with Gasteiger partial charge in [-0.15, -0.1) is 0 Å². The summed E-state index contributed by atoms with van der Waals surface area (Å²) in [5, 5.41) is 13.0. The Bertz CT molecular complexity index is 391. The highest BCUT2D eigenvalue weighted by Gasteiger charge is 2.51. The number of carbonyl (C=O) groups excluding carboxylic acids is 1. The largest absolute Gasteiger partial charge is 0.464 e. The fraction of sp³-hybridized carbons (Fsp3) is 0.857. The number of piperidine rings is 3. The summed E-state index contributed by atoms with van der Waals surface area (Å²) in [4.78, 5) is 13.2. The molecule has 3 aliphatic heterocycles. The number of esters is 1. The lowest BCUT2D eigenvalue weighted by Crippen LogP contribution is -2.69. The number of hydrogen-bond donors (Lipinski definition) is 1. The van der Waals surface area contributed by atoms with Crippen LogP contribution in [-0.4, -0.2) is 48.2 Å². The zero-order valence-electron chi connectivity index (χ0n) is 12.0. The van der Waals surface area contributed by atoms with Crippen molar-refractivity contribution in [3.63, 3.8) is 0 Å². The van der Waals surface area contributed by atoms with Gasteiger partial charge >= 0.3 is 5.97 Å². The highest BCUT2D eigenvalue weighted by molar-refractivity contribution is 5.65. The molecule has 5 nitrogen and oxygen atoms in total. The van der Waals surface area contributed by atoms with Gasteiger partial charge in [-0.25, -0.2) is 0 Å². The number of nitriles is 1. The van der Waals surface area contributed by atoms with Crippen molar-refractivity contribution in [3.05, 3.63) is 0 Å². The average Bonchev–Trinajstić information content (AvgIpc) is 2.36. The van der Waals surface area contributed by atoms with Crippen molar-refractivity contribution >= 4 is 5.97 Å². The second kappa shape index (κ2) is 5.48. The first kappa shape index (κ1) is 14.3. The van der Waals surface area contributed by atoms with Crippen molar-refractivity contribution in [1.82, 2.24) is 10.2 Å². The Morgan fingerprint density at radius 1 is 1.63 bits per heavy atom. The summed E-state index contributed by atoms with van der Waals surface area (Å²) >= 11 is 0. The summed E-state index contributed by atoms with van der Waals surface area (Å²) in [5.41, 5.74) is -0.431. The molecular weight excluding hydrogens is 242 g/mol. The van der Waals surface area contributed by atoms with Crippen LogP contribution in [0.3, 0.4) is 0 Å². The van der Waals surface area contributed by atoms with E-state index in [2.05, 4.69) is 30.1 Å². The number of nitrogens with one attached hydrogen (secondary N) is 1. The van der Waals surface area contributed by atoms with Gasteiger partial charge in [-0.05, 0) is 39.2 Å². The Balaban J connectivity index is 2.04. The third-order valence-electron chi connectivity index (χ3n) is 4.21. The molecule has 3 aliphatic rings. The smallest absolute Gasteiger partial charge is 0.302 e. The maximum atomic E-state index is 10.9. The van der Waals surface area contributed by atoms with E-state index >= 15 is 0 Å². The maximum Gasteiger partial charge on any atom is 0.302 e. The predicted octanol–water partition coefficient (Wildman–Crippen LogP) is 0.904. The maximum absolute atomic E-state index is 10.9. The SMILES string of the molecule is CC(=O)OCC1CC2CCN1CC2(C#N)NC(C)C. The quantitative estimate of drug-likeness (QED) is 0.765. The van der Waals surface area contributed by atoms with E-state index < -0.39 is 5.54 Å².